The molecule has 7 heteroatoms. The van der Waals surface area contributed by atoms with Crippen molar-refractivity contribution in [1.29, 1.82) is 0 Å². The van der Waals surface area contributed by atoms with Crippen molar-refractivity contribution in [3.05, 3.63) is 27.8 Å². The second kappa shape index (κ2) is 5.19. The maximum absolute atomic E-state index is 10.9. The highest BCUT2D eigenvalue weighted by molar-refractivity contribution is 5.76. The number of nitrogens with two attached hydrogens (primary N) is 1. The number of benzene rings is 1. The smallest absolute Gasteiger partial charge is 0.277 e. The SMILES string of the molecule is NCCN1CCNc2cc([N+](=O)[O-])c(CO)cc21. The average Bonchev–Trinajstić information content (AvgIpc) is 2.38. The van der Waals surface area contributed by atoms with E-state index in [1.807, 2.05) is 0 Å². The molecule has 0 saturated carbocycles. The number of hydrogen-bond acceptors (Lipinski definition) is 6. The Bertz CT molecular complexity index is 464. The number of nitrogens with zero attached hydrogens (tertiary/aromatic N) is 2. The molecule has 0 radical (unpaired) electrons. The number of fused-ring (bicyclic) bond motifs is 1. The van der Waals surface area contributed by atoms with Crippen molar-refractivity contribution < 1.29 is 10.0 Å². The minimum absolute atomic E-state index is 0.0571. The van der Waals surface area contributed by atoms with Crippen molar-refractivity contribution in [3.8, 4) is 0 Å². The van der Waals surface area contributed by atoms with E-state index in [4.69, 9.17) is 5.73 Å². The number of anilines is 2. The molecule has 0 aliphatic carbocycles. The fraction of sp³-hybridized carbons (Fsp3) is 0.455. The molecule has 0 aromatic heterocycles. The fourth-order valence-electron chi connectivity index (χ4n) is 2.15. The van der Waals surface area contributed by atoms with Gasteiger partial charge in [-0.1, -0.05) is 0 Å². The van der Waals surface area contributed by atoms with Crippen molar-refractivity contribution in [2.75, 3.05) is 36.4 Å². The van der Waals surface area contributed by atoms with Crippen molar-refractivity contribution in [2.45, 2.75) is 6.61 Å². The molecule has 1 aliphatic heterocycles. The zero-order valence-electron chi connectivity index (χ0n) is 9.93. The van der Waals surface area contributed by atoms with Gasteiger partial charge in [0.25, 0.3) is 5.69 Å². The summed E-state index contributed by atoms with van der Waals surface area (Å²) in [5.41, 5.74) is 7.40. The Morgan fingerprint density at radius 2 is 2.33 bits per heavy atom. The average molecular weight is 252 g/mol. The Morgan fingerprint density at radius 1 is 1.56 bits per heavy atom. The first-order chi connectivity index (χ1) is 8.67. The molecule has 0 bridgehead atoms. The lowest BCUT2D eigenvalue weighted by molar-refractivity contribution is -0.385. The van der Waals surface area contributed by atoms with Gasteiger partial charge in [-0.25, -0.2) is 0 Å². The molecular weight excluding hydrogens is 236 g/mol. The van der Waals surface area contributed by atoms with Crippen LogP contribution in [0.4, 0.5) is 17.1 Å². The summed E-state index contributed by atoms with van der Waals surface area (Å²) in [5, 5.41) is 23.3. The highest BCUT2D eigenvalue weighted by atomic mass is 16.6. The molecule has 2 rings (SSSR count). The van der Waals surface area contributed by atoms with E-state index in [2.05, 4.69) is 10.2 Å². The van der Waals surface area contributed by atoms with Crippen LogP contribution in [-0.2, 0) is 6.61 Å². The molecule has 1 aromatic carbocycles. The standard InChI is InChI=1S/C11H16N4O3/c12-1-3-14-4-2-13-9-6-10(15(17)18)8(7-16)5-11(9)14/h5-6,13,16H,1-4,7,12H2. The van der Waals surface area contributed by atoms with Gasteiger partial charge in [-0.3, -0.25) is 10.1 Å². The Balaban J connectivity index is 2.46. The molecule has 0 spiro atoms. The van der Waals surface area contributed by atoms with Gasteiger partial charge in [-0.2, -0.15) is 0 Å². The van der Waals surface area contributed by atoms with Gasteiger partial charge >= 0.3 is 0 Å². The molecule has 1 heterocycles. The monoisotopic (exact) mass is 252 g/mol. The molecular formula is C11H16N4O3. The lowest BCUT2D eigenvalue weighted by Gasteiger charge is -2.32. The summed E-state index contributed by atoms with van der Waals surface area (Å²) in [6.07, 6.45) is 0. The molecule has 1 aromatic rings. The topological polar surface area (TPSA) is 105 Å². The van der Waals surface area contributed by atoms with Crippen LogP contribution in [0.1, 0.15) is 5.56 Å². The summed E-state index contributed by atoms with van der Waals surface area (Å²) in [4.78, 5) is 12.5. The zero-order valence-corrected chi connectivity index (χ0v) is 9.93. The minimum Gasteiger partial charge on any atom is -0.391 e. The molecule has 0 fully saturated rings. The third kappa shape index (κ3) is 2.22. The van der Waals surface area contributed by atoms with Crippen LogP contribution in [0.15, 0.2) is 12.1 Å². The highest BCUT2D eigenvalue weighted by Gasteiger charge is 2.22. The van der Waals surface area contributed by atoms with Crippen LogP contribution in [0.25, 0.3) is 0 Å². The van der Waals surface area contributed by atoms with Crippen LogP contribution >= 0.6 is 0 Å². The molecule has 98 valence electrons. The van der Waals surface area contributed by atoms with E-state index in [1.165, 1.54) is 6.07 Å². The number of aliphatic hydroxyl groups is 1. The van der Waals surface area contributed by atoms with E-state index < -0.39 is 4.92 Å². The lowest BCUT2D eigenvalue weighted by atomic mass is 10.1. The maximum Gasteiger partial charge on any atom is 0.277 e. The number of rotatable bonds is 4. The molecule has 18 heavy (non-hydrogen) atoms. The Kier molecular flexibility index (Phi) is 3.63. The first-order valence-electron chi connectivity index (χ1n) is 5.78. The summed E-state index contributed by atoms with van der Waals surface area (Å²) < 4.78 is 0. The first kappa shape index (κ1) is 12.6. The van der Waals surface area contributed by atoms with E-state index in [1.54, 1.807) is 6.07 Å². The van der Waals surface area contributed by atoms with Gasteiger partial charge in [-0.15, -0.1) is 0 Å². The van der Waals surface area contributed by atoms with Gasteiger partial charge in [0, 0.05) is 32.2 Å². The van der Waals surface area contributed by atoms with Gasteiger partial charge in [0.1, 0.15) is 0 Å². The second-order valence-corrected chi connectivity index (χ2v) is 4.12. The molecule has 4 N–H and O–H groups in total. The second-order valence-electron chi connectivity index (χ2n) is 4.12. The normalized spacial score (nSPS) is 14.0. The highest BCUT2D eigenvalue weighted by Crippen LogP contribution is 2.35. The van der Waals surface area contributed by atoms with Crippen LogP contribution in [0.5, 0.6) is 0 Å². The summed E-state index contributed by atoms with van der Waals surface area (Å²) in [5.74, 6) is 0. The predicted octanol–water partition coefficient (Wildman–Crippen LogP) is 0.278. The van der Waals surface area contributed by atoms with Crippen LogP contribution in [0.2, 0.25) is 0 Å². The van der Waals surface area contributed by atoms with Crippen LogP contribution in [-0.4, -0.2) is 36.2 Å². The summed E-state index contributed by atoms with van der Waals surface area (Å²) >= 11 is 0. The van der Waals surface area contributed by atoms with E-state index >= 15 is 0 Å². The molecule has 0 saturated heterocycles. The first-order valence-corrected chi connectivity index (χ1v) is 5.78. The van der Waals surface area contributed by atoms with Crippen LogP contribution in [0, 0.1) is 10.1 Å². The number of aliphatic hydroxyl groups excluding tert-OH is 1. The van der Waals surface area contributed by atoms with Crippen LogP contribution in [0.3, 0.4) is 0 Å². The Morgan fingerprint density at radius 3 is 2.94 bits per heavy atom. The predicted molar refractivity (Wildman–Crippen MR) is 68.8 cm³/mol. The lowest BCUT2D eigenvalue weighted by Crippen LogP contribution is -2.37. The number of nitro groups is 1. The van der Waals surface area contributed by atoms with E-state index in [9.17, 15) is 15.2 Å². The van der Waals surface area contributed by atoms with Crippen molar-refractivity contribution in [1.82, 2.24) is 0 Å². The van der Waals surface area contributed by atoms with Crippen molar-refractivity contribution >= 4 is 17.1 Å². The van der Waals surface area contributed by atoms with Gasteiger partial charge < -0.3 is 21.1 Å². The van der Waals surface area contributed by atoms with Gasteiger partial charge in [-0.05, 0) is 6.07 Å². The minimum atomic E-state index is -0.477. The third-order valence-electron chi connectivity index (χ3n) is 3.00. The number of nitro benzene ring substituents is 1. The van der Waals surface area contributed by atoms with Gasteiger partial charge in [0.15, 0.2) is 0 Å². The van der Waals surface area contributed by atoms with E-state index in [-0.39, 0.29) is 12.3 Å². The van der Waals surface area contributed by atoms with Gasteiger partial charge in [0.05, 0.1) is 28.5 Å². The zero-order chi connectivity index (χ0) is 13.1. The fourth-order valence-corrected chi connectivity index (χ4v) is 2.15. The molecule has 0 atom stereocenters. The number of nitrogens with one attached hydrogen (secondary N) is 1. The quantitative estimate of drug-likeness (QED) is 0.525. The summed E-state index contributed by atoms with van der Waals surface area (Å²) in [6, 6.07) is 3.14. The third-order valence-corrected chi connectivity index (χ3v) is 3.00. The Labute approximate surface area is 104 Å². The van der Waals surface area contributed by atoms with Gasteiger partial charge in [0.2, 0.25) is 0 Å². The summed E-state index contributed by atoms with van der Waals surface area (Å²) in [7, 11) is 0. The number of hydrogen-bond donors (Lipinski definition) is 3. The van der Waals surface area contributed by atoms with Crippen molar-refractivity contribution in [2.24, 2.45) is 5.73 Å². The molecule has 1 aliphatic rings. The molecule has 7 nitrogen and oxygen atoms in total. The maximum atomic E-state index is 10.9. The molecule has 0 amide bonds. The van der Waals surface area contributed by atoms with Crippen LogP contribution < -0.4 is 16.0 Å². The van der Waals surface area contributed by atoms with E-state index in [0.717, 1.165) is 24.5 Å². The Hall–Kier alpha value is -1.86. The largest absolute Gasteiger partial charge is 0.391 e. The summed E-state index contributed by atoms with van der Waals surface area (Å²) in [6.45, 7) is 2.39. The van der Waals surface area contributed by atoms with E-state index in [0.29, 0.717) is 18.7 Å². The van der Waals surface area contributed by atoms with Crippen molar-refractivity contribution in [3.63, 3.8) is 0 Å². The molecule has 0 unspecified atom stereocenters.